The molecule has 1 aliphatic rings. The van der Waals surface area contributed by atoms with Gasteiger partial charge in [0.1, 0.15) is 0 Å². The number of para-hydroxylation sites is 1. The number of hydrogen-bond acceptors (Lipinski definition) is 3. The number of anilines is 1. The molecule has 2 rings (SSSR count). The third kappa shape index (κ3) is 1.21. The molecule has 0 saturated heterocycles. The van der Waals surface area contributed by atoms with Crippen LogP contribution in [0.25, 0.3) is 0 Å². The van der Waals surface area contributed by atoms with E-state index in [2.05, 4.69) is 12.1 Å². The molecule has 0 aromatic heterocycles. The van der Waals surface area contributed by atoms with E-state index in [1.54, 1.807) is 0 Å². The van der Waals surface area contributed by atoms with Crippen molar-refractivity contribution < 1.29 is 0 Å². The molecule has 1 aromatic carbocycles. The van der Waals surface area contributed by atoms with Crippen LogP contribution in [0, 0.1) is 0 Å². The molecule has 1 aromatic rings. The Labute approximate surface area is 70.3 Å². The fourth-order valence-corrected chi connectivity index (χ4v) is 2.21. The predicted octanol–water partition coefficient (Wildman–Crippen LogP) is 1.47. The zero-order valence-electron chi connectivity index (χ0n) is 6.16. The van der Waals surface area contributed by atoms with Crippen LogP contribution in [0.3, 0.4) is 0 Å². The molecule has 0 unspecified atom stereocenters. The van der Waals surface area contributed by atoms with Crippen molar-refractivity contribution >= 4 is 17.4 Å². The summed E-state index contributed by atoms with van der Waals surface area (Å²) in [4.78, 5) is 1.29. The van der Waals surface area contributed by atoms with Crippen LogP contribution in [0.5, 0.6) is 0 Å². The average Bonchev–Trinajstić information content (AvgIpc) is 2.06. The lowest BCUT2D eigenvalue weighted by Gasteiger charge is -2.25. The second kappa shape index (κ2) is 2.75. The van der Waals surface area contributed by atoms with Crippen molar-refractivity contribution in [1.29, 1.82) is 0 Å². The normalized spacial score (nSPS) is 16.3. The Hall–Kier alpha value is -0.670. The van der Waals surface area contributed by atoms with E-state index in [1.807, 2.05) is 28.9 Å². The minimum Gasteiger partial charge on any atom is -0.309 e. The highest BCUT2D eigenvalue weighted by Crippen LogP contribution is 2.32. The van der Waals surface area contributed by atoms with Gasteiger partial charge in [0.15, 0.2) is 0 Å². The topological polar surface area (TPSA) is 29.3 Å². The van der Waals surface area contributed by atoms with Gasteiger partial charge in [-0.25, -0.2) is 5.84 Å². The van der Waals surface area contributed by atoms with Gasteiger partial charge in [-0.2, -0.15) is 0 Å². The number of nitrogens with zero attached hydrogens (tertiary/aromatic N) is 1. The van der Waals surface area contributed by atoms with Crippen LogP contribution in [0.1, 0.15) is 0 Å². The summed E-state index contributed by atoms with van der Waals surface area (Å²) in [5.41, 5.74) is 1.16. The monoisotopic (exact) mass is 166 g/mol. The maximum Gasteiger partial charge on any atom is 0.0653 e. The lowest BCUT2D eigenvalue weighted by molar-refractivity contribution is 0.873. The number of fused-ring (bicyclic) bond motifs is 1. The number of hydrazine groups is 1. The van der Waals surface area contributed by atoms with Gasteiger partial charge in [-0.15, -0.1) is 11.8 Å². The summed E-state index contributed by atoms with van der Waals surface area (Å²) in [6, 6.07) is 8.23. The zero-order valence-corrected chi connectivity index (χ0v) is 6.97. The maximum absolute atomic E-state index is 5.77. The van der Waals surface area contributed by atoms with Gasteiger partial charge < -0.3 is 5.01 Å². The molecule has 58 valence electrons. The molecule has 0 saturated carbocycles. The SMILES string of the molecule is NN1CCSc2ccccc21. The van der Waals surface area contributed by atoms with Crippen LogP contribution in [-0.2, 0) is 0 Å². The van der Waals surface area contributed by atoms with Gasteiger partial charge in [0.25, 0.3) is 0 Å². The van der Waals surface area contributed by atoms with Crippen LogP contribution >= 0.6 is 11.8 Å². The quantitative estimate of drug-likeness (QED) is 0.592. The molecule has 1 aliphatic heterocycles. The minimum absolute atomic E-state index is 0.946. The van der Waals surface area contributed by atoms with Crippen LogP contribution < -0.4 is 10.9 Å². The highest BCUT2D eigenvalue weighted by Gasteiger charge is 2.12. The Bertz CT molecular complexity index is 262. The van der Waals surface area contributed by atoms with Crippen LogP contribution in [0.2, 0.25) is 0 Å². The van der Waals surface area contributed by atoms with Gasteiger partial charge in [0.2, 0.25) is 0 Å². The fraction of sp³-hybridized carbons (Fsp3) is 0.250. The van der Waals surface area contributed by atoms with Crippen molar-refractivity contribution in [2.75, 3.05) is 17.3 Å². The average molecular weight is 166 g/mol. The molecule has 0 spiro atoms. The molecule has 3 heteroatoms. The number of thioether (sulfide) groups is 1. The summed E-state index contributed by atoms with van der Waals surface area (Å²) < 4.78 is 0. The van der Waals surface area contributed by atoms with E-state index in [1.165, 1.54) is 4.90 Å². The Morgan fingerprint density at radius 3 is 3.00 bits per heavy atom. The largest absolute Gasteiger partial charge is 0.309 e. The zero-order chi connectivity index (χ0) is 7.68. The number of hydrogen-bond donors (Lipinski definition) is 1. The standard InChI is InChI=1S/C8H10N2S/c9-10-5-6-11-8-4-2-1-3-7(8)10/h1-4H,5-6,9H2. The van der Waals surface area contributed by atoms with Crippen molar-refractivity contribution in [2.45, 2.75) is 4.90 Å². The number of nitrogens with two attached hydrogens (primary N) is 1. The molecule has 0 fully saturated rings. The fourth-order valence-electron chi connectivity index (χ4n) is 1.19. The number of rotatable bonds is 0. The van der Waals surface area contributed by atoms with E-state index < -0.39 is 0 Å². The molecular weight excluding hydrogens is 156 g/mol. The van der Waals surface area contributed by atoms with Crippen LogP contribution in [-0.4, -0.2) is 12.3 Å². The predicted molar refractivity (Wildman–Crippen MR) is 48.7 cm³/mol. The van der Waals surface area contributed by atoms with Crippen molar-refractivity contribution in [3.8, 4) is 0 Å². The Kier molecular flexibility index (Phi) is 1.75. The van der Waals surface area contributed by atoms with E-state index in [-0.39, 0.29) is 0 Å². The van der Waals surface area contributed by atoms with Crippen molar-refractivity contribution in [3.63, 3.8) is 0 Å². The molecule has 2 nitrogen and oxygen atoms in total. The summed E-state index contributed by atoms with van der Waals surface area (Å²) in [6.07, 6.45) is 0. The second-order valence-corrected chi connectivity index (χ2v) is 3.65. The smallest absolute Gasteiger partial charge is 0.0653 e. The second-order valence-electron chi connectivity index (χ2n) is 2.51. The molecule has 1 heterocycles. The molecule has 0 radical (unpaired) electrons. The van der Waals surface area contributed by atoms with Gasteiger partial charge in [0.05, 0.1) is 5.69 Å². The Morgan fingerprint density at radius 2 is 2.18 bits per heavy atom. The summed E-state index contributed by atoms with van der Waals surface area (Å²) in [5, 5.41) is 1.81. The van der Waals surface area contributed by atoms with Crippen molar-refractivity contribution in [2.24, 2.45) is 5.84 Å². The van der Waals surface area contributed by atoms with Gasteiger partial charge in [-0.1, -0.05) is 12.1 Å². The lowest BCUT2D eigenvalue weighted by Crippen LogP contribution is -2.35. The van der Waals surface area contributed by atoms with E-state index in [4.69, 9.17) is 5.84 Å². The molecule has 0 atom stereocenters. The van der Waals surface area contributed by atoms with E-state index >= 15 is 0 Å². The van der Waals surface area contributed by atoms with Crippen LogP contribution in [0.4, 0.5) is 5.69 Å². The molecule has 11 heavy (non-hydrogen) atoms. The van der Waals surface area contributed by atoms with Crippen molar-refractivity contribution in [3.05, 3.63) is 24.3 Å². The summed E-state index contributed by atoms with van der Waals surface area (Å²) in [6.45, 7) is 0.946. The van der Waals surface area contributed by atoms with E-state index in [0.717, 1.165) is 18.0 Å². The highest BCUT2D eigenvalue weighted by molar-refractivity contribution is 7.99. The van der Waals surface area contributed by atoms with Gasteiger partial charge in [0, 0.05) is 17.2 Å². The van der Waals surface area contributed by atoms with Crippen LogP contribution in [0.15, 0.2) is 29.2 Å². The third-order valence-corrected chi connectivity index (χ3v) is 2.81. The van der Waals surface area contributed by atoms with Crippen molar-refractivity contribution in [1.82, 2.24) is 0 Å². The first-order chi connectivity index (χ1) is 5.38. The first-order valence-electron chi connectivity index (χ1n) is 3.62. The molecule has 0 bridgehead atoms. The first kappa shape index (κ1) is 7.00. The van der Waals surface area contributed by atoms with Gasteiger partial charge in [-0.05, 0) is 12.1 Å². The number of benzene rings is 1. The van der Waals surface area contributed by atoms with E-state index in [0.29, 0.717) is 0 Å². The molecule has 0 amide bonds. The molecule has 0 aliphatic carbocycles. The summed E-state index contributed by atoms with van der Waals surface area (Å²) >= 11 is 1.87. The minimum atomic E-state index is 0.946. The Morgan fingerprint density at radius 1 is 1.36 bits per heavy atom. The Balaban J connectivity index is 2.44. The highest BCUT2D eigenvalue weighted by atomic mass is 32.2. The first-order valence-corrected chi connectivity index (χ1v) is 4.60. The van der Waals surface area contributed by atoms with Gasteiger partial charge in [-0.3, -0.25) is 0 Å². The van der Waals surface area contributed by atoms with E-state index in [9.17, 15) is 0 Å². The summed E-state index contributed by atoms with van der Waals surface area (Å²) in [5.74, 6) is 6.86. The lowest BCUT2D eigenvalue weighted by atomic mass is 10.3. The molecule has 2 N–H and O–H groups in total. The van der Waals surface area contributed by atoms with Gasteiger partial charge >= 0.3 is 0 Å². The molecular formula is C8H10N2S. The summed E-state index contributed by atoms with van der Waals surface area (Å²) in [7, 11) is 0. The maximum atomic E-state index is 5.77. The third-order valence-electron chi connectivity index (χ3n) is 1.76.